The molecule has 1 saturated heterocycles. The van der Waals surface area contributed by atoms with E-state index in [1.807, 2.05) is 10.6 Å². The third kappa shape index (κ3) is 6.40. The predicted molar refractivity (Wildman–Crippen MR) is 127 cm³/mol. The Morgan fingerprint density at radius 3 is 2.56 bits per heavy atom. The highest BCUT2D eigenvalue weighted by Crippen LogP contribution is 2.32. The van der Waals surface area contributed by atoms with E-state index in [4.69, 9.17) is 0 Å². The second-order valence-electron chi connectivity index (χ2n) is 8.36. The van der Waals surface area contributed by atoms with Crippen molar-refractivity contribution in [3.8, 4) is 11.1 Å². The van der Waals surface area contributed by atoms with Gasteiger partial charge in [-0.05, 0) is 53.7 Å². The summed E-state index contributed by atoms with van der Waals surface area (Å²) in [5, 5.41) is 5.69. The molecule has 0 aliphatic carbocycles. The van der Waals surface area contributed by atoms with E-state index in [1.54, 1.807) is 19.1 Å². The molecule has 174 valence electrons. The quantitative estimate of drug-likeness (QED) is 0.667. The van der Waals surface area contributed by atoms with Gasteiger partial charge in [-0.25, -0.2) is 4.39 Å². The molecule has 4 rings (SSSR count). The van der Waals surface area contributed by atoms with Crippen LogP contribution in [0.15, 0.2) is 34.9 Å². The third-order valence-corrected chi connectivity index (χ3v) is 6.45. The Morgan fingerprint density at radius 2 is 1.94 bits per heavy atom. The smallest absolute Gasteiger partial charge is 0.268 e. The van der Waals surface area contributed by atoms with Gasteiger partial charge in [0.25, 0.3) is 5.91 Å². The van der Waals surface area contributed by atoms with Gasteiger partial charge in [-0.15, -0.1) is 0 Å². The monoisotopic (exact) mass is 507 g/mol. The molecular weight excluding hydrogens is 477 g/mol. The summed E-state index contributed by atoms with van der Waals surface area (Å²) < 4.78 is 16.0. The third-order valence-electron chi connectivity index (χ3n) is 5.60. The van der Waals surface area contributed by atoms with Crippen LogP contribution in [-0.2, 0) is 11.3 Å². The number of nitrogens with zero attached hydrogens (tertiary/aromatic N) is 3. The molecule has 0 bridgehead atoms. The average Bonchev–Trinajstić information content (AvgIpc) is 3.08. The van der Waals surface area contributed by atoms with E-state index in [9.17, 15) is 14.0 Å². The normalized spacial score (nSPS) is 17.6. The highest BCUT2D eigenvalue weighted by molar-refractivity contribution is 9.10. The Morgan fingerprint density at radius 1 is 1.22 bits per heavy atom. The highest BCUT2D eigenvalue weighted by Gasteiger charge is 2.22. The van der Waals surface area contributed by atoms with E-state index in [2.05, 4.69) is 50.3 Å². The first-order valence-corrected chi connectivity index (χ1v) is 11.6. The van der Waals surface area contributed by atoms with Crippen LogP contribution in [0.2, 0.25) is 0 Å². The number of amides is 2. The zero-order valence-electron chi connectivity index (χ0n) is 18.8. The molecule has 0 spiro atoms. The first-order chi connectivity index (χ1) is 15.2. The van der Waals surface area contributed by atoms with E-state index < -0.39 is 0 Å². The Labute approximate surface area is 197 Å². The van der Waals surface area contributed by atoms with Crippen molar-refractivity contribution in [3.05, 3.63) is 46.4 Å². The van der Waals surface area contributed by atoms with Crippen molar-refractivity contribution >= 4 is 27.7 Å². The number of carbonyl (C=O) groups is 2. The van der Waals surface area contributed by atoms with Crippen LogP contribution in [0.25, 0.3) is 11.1 Å². The Kier molecular flexibility index (Phi) is 8.44. The lowest BCUT2D eigenvalue weighted by molar-refractivity contribution is -0.119. The molecule has 0 saturated carbocycles. The van der Waals surface area contributed by atoms with E-state index in [1.165, 1.54) is 12.1 Å². The van der Waals surface area contributed by atoms with Crippen LogP contribution in [0.5, 0.6) is 0 Å². The molecule has 2 aliphatic rings. The van der Waals surface area contributed by atoms with Crippen LogP contribution in [0.1, 0.15) is 24.3 Å². The lowest BCUT2D eigenvalue weighted by atomic mass is 10.1. The van der Waals surface area contributed by atoms with Crippen molar-refractivity contribution in [2.24, 2.45) is 0 Å². The molecule has 2 amide bonds. The molecule has 2 N–H and O–H groups in total. The summed E-state index contributed by atoms with van der Waals surface area (Å²) in [6, 6.07) is 8.40. The fraction of sp³-hybridized carbons (Fsp3) is 0.478. The van der Waals surface area contributed by atoms with E-state index >= 15 is 0 Å². The number of fused-ring (bicyclic) bond motifs is 1. The van der Waals surface area contributed by atoms with Crippen LogP contribution in [0.3, 0.4) is 0 Å². The van der Waals surface area contributed by atoms with Gasteiger partial charge in [-0.2, -0.15) is 0 Å². The topological polar surface area (TPSA) is 69.6 Å². The number of carbonyl (C=O) groups excluding carboxylic acids is 2. The van der Waals surface area contributed by atoms with Crippen molar-refractivity contribution in [2.45, 2.75) is 26.4 Å². The molecule has 1 fully saturated rings. The maximum absolute atomic E-state index is 13.2. The minimum absolute atomic E-state index is 0.0617. The van der Waals surface area contributed by atoms with Crippen LogP contribution in [0, 0.1) is 5.82 Å². The van der Waals surface area contributed by atoms with Gasteiger partial charge in [0.1, 0.15) is 11.5 Å². The zero-order valence-corrected chi connectivity index (χ0v) is 20.4. The SMILES string of the molecule is CC(=O)NC(C)CN1CCN(C)CC1.O=C1NCCn2c1cc(-c1cccc(F)c1)c2Br. The molecule has 3 heterocycles. The van der Waals surface area contributed by atoms with E-state index in [0.717, 1.165) is 55.0 Å². The summed E-state index contributed by atoms with van der Waals surface area (Å²) in [4.78, 5) is 27.3. The Bertz CT molecular complexity index is 956. The van der Waals surface area contributed by atoms with Gasteiger partial charge in [0.15, 0.2) is 0 Å². The van der Waals surface area contributed by atoms with Gasteiger partial charge >= 0.3 is 0 Å². The number of rotatable bonds is 4. The summed E-state index contributed by atoms with van der Waals surface area (Å²) in [7, 11) is 2.15. The second-order valence-corrected chi connectivity index (χ2v) is 9.11. The lowest BCUT2D eigenvalue weighted by Gasteiger charge is -2.33. The van der Waals surface area contributed by atoms with Crippen LogP contribution >= 0.6 is 15.9 Å². The molecule has 1 atom stereocenters. The second kappa shape index (κ2) is 11.1. The summed E-state index contributed by atoms with van der Waals surface area (Å²) in [5.41, 5.74) is 2.20. The van der Waals surface area contributed by atoms with Gasteiger partial charge in [0.05, 0.1) is 4.60 Å². The van der Waals surface area contributed by atoms with Gasteiger partial charge in [0, 0.05) is 64.3 Å². The number of hydrogen-bond acceptors (Lipinski definition) is 4. The number of likely N-dealkylation sites (N-methyl/N-ethyl adjacent to an activating group) is 1. The number of piperazine rings is 1. The molecule has 2 aromatic rings. The van der Waals surface area contributed by atoms with Crippen molar-refractivity contribution < 1.29 is 14.0 Å². The average molecular weight is 508 g/mol. The van der Waals surface area contributed by atoms with E-state index in [0.29, 0.717) is 12.2 Å². The fourth-order valence-electron chi connectivity index (χ4n) is 3.97. The van der Waals surface area contributed by atoms with Gasteiger partial charge in [-0.1, -0.05) is 12.1 Å². The van der Waals surface area contributed by atoms with Gasteiger partial charge in [0.2, 0.25) is 5.91 Å². The minimum atomic E-state index is -0.284. The maximum atomic E-state index is 13.2. The molecule has 0 radical (unpaired) electrons. The lowest BCUT2D eigenvalue weighted by Crippen LogP contribution is -2.49. The number of nitrogens with one attached hydrogen (secondary N) is 2. The van der Waals surface area contributed by atoms with Gasteiger partial charge in [-0.3, -0.25) is 14.5 Å². The summed E-state index contributed by atoms with van der Waals surface area (Å²) in [6.07, 6.45) is 0. The van der Waals surface area contributed by atoms with Crippen molar-refractivity contribution in [2.75, 3.05) is 46.3 Å². The molecule has 1 aromatic carbocycles. The summed E-state index contributed by atoms with van der Waals surface area (Å²) in [6.45, 7) is 10.4. The predicted octanol–water partition coefficient (Wildman–Crippen LogP) is 2.56. The van der Waals surface area contributed by atoms with Crippen LogP contribution in [0.4, 0.5) is 4.39 Å². The number of aromatic nitrogens is 1. The van der Waals surface area contributed by atoms with Crippen molar-refractivity contribution in [1.29, 1.82) is 0 Å². The number of halogens is 2. The Hall–Kier alpha value is -2.23. The summed E-state index contributed by atoms with van der Waals surface area (Å²) in [5.74, 6) is -0.316. The van der Waals surface area contributed by atoms with Crippen LogP contribution < -0.4 is 10.6 Å². The molecule has 2 aliphatic heterocycles. The maximum Gasteiger partial charge on any atom is 0.268 e. The van der Waals surface area contributed by atoms with Crippen molar-refractivity contribution in [1.82, 2.24) is 25.0 Å². The van der Waals surface area contributed by atoms with Crippen molar-refractivity contribution in [3.63, 3.8) is 0 Å². The first kappa shape index (κ1) is 24.4. The standard InChI is InChI=1S/C13H10BrFN2O.C10H21N3O/c14-12-10(8-2-1-3-9(15)6-8)7-11-13(18)16-4-5-17(11)12;1-9(11-10(2)14)8-13-6-4-12(3)5-7-13/h1-3,6-7H,4-5H2,(H,16,18);9H,4-8H2,1-3H3,(H,11,14). The number of hydrogen-bond donors (Lipinski definition) is 2. The molecule has 1 unspecified atom stereocenters. The highest BCUT2D eigenvalue weighted by atomic mass is 79.9. The van der Waals surface area contributed by atoms with Crippen LogP contribution in [-0.4, -0.2) is 78.5 Å². The van der Waals surface area contributed by atoms with E-state index in [-0.39, 0.29) is 23.7 Å². The fourth-order valence-corrected chi connectivity index (χ4v) is 4.68. The largest absolute Gasteiger partial charge is 0.353 e. The molecular formula is C23H31BrFN5O2. The first-order valence-electron chi connectivity index (χ1n) is 10.9. The van der Waals surface area contributed by atoms with Gasteiger partial charge < -0.3 is 20.1 Å². The molecule has 32 heavy (non-hydrogen) atoms. The molecule has 1 aromatic heterocycles. The molecule has 9 heteroatoms. The zero-order chi connectivity index (χ0) is 23.3. The molecule has 7 nitrogen and oxygen atoms in total. The Balaban J connectivity index is 0.000000188. The number of benzene rings is 1. The minimum Gasteiger partial charge on any atom is -0.353 e. The summed E-state index contributed by atoms with van der Waals surface area (Å²) >= 11 is 3.49.